The average Bonchev–Trinajstić information content (AvgIpc) is 2.39. The first kappa shape index (κ1) is 12.3. The molecular weight excluding hydrogens is 228 g/mol. The Kier molecular flexibility index (Phi) is 3.74. The largest absolute Gasteiger partial charge is 0.388 e. The van der Waals surface area contributed by atoms with Gasteiger partial charge >= 0.3 is 0 Å². The van der Waals surface area contributed by atoms with Gasteiger partial charge in [-0.15, -0.1) is 0 Å². The van der Waals surface area contributed by atoms with Crippen molar-refractivity contribution in [1.29, 1.82) is 0 Å². The molecule has 1 aromatic heterocycles. The highest BCUT2D eigenvalue weighted by Crippen LogP contribution is 2.18. The van der Waals surface area contributed by atoms with Crippen LogP contribution in [0.15, 0.2) is 36.5 Å². The minimum absolute atomic E-state index is 0.158. The minimum Gasteiger partial charge on any atom is -0.388 e. The molecule has 0 bridgehead atoms. The Balaban J connectivity index is 2.13. The first-order valence-electron chi connectivity index (χ1n) is 5.66. The van der Waals surface area contributed by atoms with Gasteiger partial charge in [0.25, 0.3) is 0 Å². The lowest BCUT2D eigenvalue weighted by Crippen LogP contribution is -2.08. The molecular formula is C13H16N4O. The Morgan fingerprint density at radius 3 is 2.50 bits per heavy atom. The van der Waals surface area contributed by atoms with Crippen molar-refractivity contribution >= 4 is 17.2 Å². The third-order valence-electron chi connectivity index (χ3n) is 2.50. The minimum atomic E-state index is -0.158. The van der Waals surface area contributed by atoms with Crippen molar-refractivity contribution in [3.63, 3.8) is 0 Å². The summed E-state index contributed by atoms with van der Waals surface area (Å²) in [5, 5.41) is 12.1. The third-order valence-corrected chi connectivity index (χ3v) is 2.50. The van der Waals surface area contributed by atoms with Crippen LogP contribution in [0.1, 0.15) is 5.82 Å². The highest BCUT2D eigenvalue weighted by molar-refractivity contribution is 5.60. The van der Waals surface area contributed by atoms with Gasteiger partial charge in [0.05, 0.1) is 0 Å². The SMILES string of the molecule is CN(C)c1ccc(Nc2ccnc(CO)n2)cc1. The van der Waals surface area contributed by atoms with Crippen molar-refractivity contribution in [2.45, 2.75) is 6.61 Å². The van der Waals surface area contributed by atoms with Gasteiger partial charge in [0.2, 0.25) is 0 Å². The summed E-state index contributed by atoms with van der Waals surface area (Å²) in [5.41, 5.74) is 2.09. The molecule has 18 heavy (non-hydrogen) atoms. The monoisotopic (exact) mass is 244 g/mol. The van der Waals surface area contributed by atoms with Crippen molar-refractivity contribution in [1.82, 2.24) is 9.97 Å². The Bertz CT molecular complexity index is 511. The van der Waals surface area contributed by atoms with Gasteiger partial charge in [0, 0.05) is 31.7 Å². The number of rotatable bonds is 4. The number of nitrogens with one attached hydrogen (secondary N) is 1. The lowest BCUT2D eigenvalue weighted by molar-refractivity contribution is 0.271. The molecule has 0 aliphatic rings. The zero-order chi connectivity index (χ0) is 13.0. The van der Waals surface area contributed by atoms with Crippen LogP contribution in [0.4, 0.5) is 17.2 Å². The Hall–Kier alpha value is -2.14. The Morgan fingerprint density at radius 2 is 1.89 bits per heavy atom. The van der Waals surface area contributed by atoms with E-state index in [2.05, 4.69) is 15.3 Å². The maximum absolute atomic E-state index is 8.97. The number of benzene rings is 1. The van der Waals surface area contributed by atoms with Gasteiger partial charge in [-0.05, 0) is 30.3 Å². The number of hydrogen-bond donors (Lipinski definition) is 2. The maximum Gasteiger partial charge on any atom is 0.156 e. The van der Waals surface area contributed by atoms with Crippen LogP contribution in [-0.2, 0) is 6.61 Å². The third kappa shape index (κ3) is 2.95. The van der Waals surface area contributed by atoms with Gasteiger partial charge in [0.15, 0.2) is 5.82 Å². The fourth-order valence-electron chi connectivity index (χ4n) is 1.54. The van der Waals surface area contributed by atoms with Crippen molar-refractivity contribution < 1.29 is 5.11 Å². The molecule has 5 nitrogen and oxygen atoms in total. The van der Waals surface area contributed by atoms with Crippen molar-refractivity contribution in [2.75, 3.05) is 24.3 Å². The zero-order valence-electron chi connectivity index (χ0n) is 10.5. The molecule has 2 rings (SSSR count). The lowest BCUT2D eigenvalue weighted by Gasteiger charge is -2.13. The first-order valence-corrected chi connectivity index (χ1v) is 5.66. The smallest absolute Gasteiger partial charge is 0.156 e. The predicted octanol–water partition coefficient (Wildman–Crippen LogP) is 1.78. The summed E-state index contributed by atoms with van der Waals surface area (Å²) >= 11 is 0. The van der Waals surface area contributed by atoms with Crippen molar-refractivity contribution in [3.8, 4) is 0 Å². The number of hydrogen-bond acceptors (Lipinski definition) is 5. The Labute approximate surface area is 106 Å². The van der Waals surface area contributed by atoms with Crippen LogP contribution in [-0.4, -0.2) is 29.2 Å². The topological polar surface area (TPSA) is 61.3 Å². The quantitative estimate of drug-likeness (QED) is 0.858. The van der Waals surface area contributed by atoms with Crippen LogP contribution < -0.4 is 10.2 Å². The van der Waals surface area contributed by atoms with E-state index in [-0.39, 0.29) is 6.61 Å². The predicted molar refractivity (Wildman–Crippen MR) is 72.0 cm³/mol. The molecule has 1 aromatic carbocycles. The van der Waals surface area contributed by atoms with E-state index in [0.717, 1.165) is 11.4 Å². The van der Waals surface area contributed by atoms with Gasteiger partial charge < -0.3 is 15.3 Å². The van der Waals surface area contributed by atoms with Gasteiger partial charge in [-0.25, -0.2) is 9.97 Å². The fourth-order valence-corrected chi connectivity index (χ4v) is 1.54. The van der Waals surface area contributed by atoms with Crippen LogP contribution in [0, 0.1) is 0 Å². The van der Waals surface area contributed by atoms with Crippen LogP contribution >= 0.6 is 0 Å². The van der Waals surface area contributed by atoms with Crippen LogP contribution in [0.3, 0.4) is 0 Å². The molecule has 0 aliphatic heterocycles. The maximum atomic E-state index is 8.97. The molecule has 5 heteroatoms. The van der Waals surface area contributed by atoms with E-state index in [4.69, 9.17) is 5.11 Å². The fraction of sp³-hybridized carbons (Fsp3) is 0.231. The Morgan fingerprint density at radius 1 is 1.17 bits per heavy atom. The summed E-state index contributed by atoms with van der Waals surface area (Å²) < 4.78 is 0. The van der Waals surface area contributed by atoms with Crippen LogP contribution in [0.5, 0.6) is 0 Å². The van der Waals surface area contributed by atoms with Gasteiger partial charge in [-0.1, -0.05) is 0 Å². The van der Waals surface area contributed by atoms with Crippen LogP contribution in [0.25, 0.3) is 0 Å². The van der Waals surface area contributed by atoms with E-state index < -0.39 is 0 Å². The molecule has 2 N–H and O–H groups in total. The molecule has 0 saturated carbocycles. The molecule has 0 amide bonds. The molecule has 0 aliphatic carbocycles. The molecule has 1 heterocycles. The lowest BCUT2D eigenvalue weighted by atomic mass is 10.2. The standard InChI is InChI=1S/C13H16N4O/c1-17(2)11-5-3-10(4-6-11)15-12-7-8-14-13(9-18)16-12/h3-8,18H,9H2,1-2H3,(H,14,15,16). The summed E-state index contributed by atoms with van der Waals surface area (Å²) in [5.74, 6) is 1.08. The second-order valence-electron chi connectivity index (χ2n) is 4.08. The number of aliphatic hydroxyl groups is 1. The highest BCUT2D eigenvalue weighted by atomic mass is 16.3. The summed E-state index contributed by atoms with van der Waals surface area (Å²) in [7, 11) is 4.00. The van der Waals surface area contributed by atoms with Gasteiger partial charge in [-0.3, -0.25) is 0 Å². The molecule has 2 aromatic rings. The zero-order valence-corrected chi connectivity index (χ0v) is 10.5. The van der Waals surface area contributed by atoms with E-state index in [1.807, 2.05) is 43.3 Å². The summed E-state index contributed by atoms with van der Waals surface area (Å²) in [6.07, 6.45) is 1.62. The molecule has 0 saturated heterocycles. The van der Waals surface area contributed by atoms with Gasteiger partial charge in [0.1, 0.15) is 12.4 Å². The summed E-state index contributed by atoms with van der Waals surface area (Å²) in [6, 6.07) is 9.78. The second-order valence-corrected chi connectivity index (χ2v) is 4.08. The number of nitrogens with zero attached hydrogens (tertiary/aromatic N) is 3. The van der Waals surface area contributed by atoms with Gasteiger partial charge in [-0.2, -0.15) is 0 Å². The number of aromatic nitrogens is 2. The summed E-state index contributed by atoms with van der Waals surface area (Å²) in [4.78, 5) is 10.1. The van der Waals surface area contributed by atoms with Crippen LogP contribution in [0.2, 0.25) is 0 Å². The average molecular weight is 244 g/mol. The molecule has 94 valence electrons. The highest BCUT2D eigenvalue weighted by Gasteiger charge is 2.00. The van der Waals surface area contributed by atoms with E-state index >= 15 is 0 Å². The molecule has 0 atom stereocenters. The second kappa shape index (κ2) is 5.46. The normalized spacial score (nSPS) is 10.2. The molecule has 0 fully saturated rings. The summed E-state index contributed by atoms with van der Waals surface area (Å²) in [6.45, 7) is -0.158. The van der Waals surface area contributed by atoms with E-state index in [1.54, 1.807) is 12.3 Å². The number of anilines is 3. The molecule has 0 spiro atoms. The molecule has 0 radical (unpaired) electrons. The van der Waals surface area contributed by atoms with E-state index in [9.17, 15) is 0 Å². The van der Waals surface area contributed by atoms with Crippen molar-refractivity contribution in [2.24, 2.45) is 0 Å². The number of aliphatic hydroxyl groups excluding tert-OH is 1. The van der Waals surface area contributed by atoms with E-state index in [0.29, 0.717) is 11.6 Å². The first-order chi connectivity index (χ1) is 8.69. The van der Waals surface area contributed by atoms with Crippen molar-refractivity contribution in [3.05, 3.63) is 42.4 Å². The van der Waals surface area contributed by atoms with E-state index in [1.165, 1.54) is 0 Å². The molecule has 0 unspecified atom stereocenters.